The average molecular weight is 225 g/mol. The van der Waals surface area contributed by atoms with Crippen LogP contribution in [0.2, 0.25) is 0 Å². The van der Waals surface area contributed by atoms with Crippen LogP contribution in [-0.2, 0) is 10.0 Å². The molecule has 1 heterocycles. The molecule has 0 spiro atoms. The topological polar surface area (TPSA) is 46.2 Å². The Balaban J connectivity index is 2.31. The zero-order chi connectivity index (χ0) is 10.9. The maximum absolute atomic E-state index is 11.9. The van der Waals surface area contributed by atoms with E-state index in [1.165, 1.54) is 0 Å². The predicted molar refractivity (Wildman–Crippen MR) is 59.9 cm³/mol. The summed E-state index contributed by atoms with van der Waals surface area (Å²) in [6.45, 7) is 1.90. The number of rotatable bonds is 1. The van der Waals surface area contributed by atoms with Crippen molar-refractivity contribution in [3.8, 4) is 0 Å². The molecule has 0 amide bonds. The Morgan fingerprint density at radius 2 is 1.87 bits per heavy atom. The molecular weight excluding hydrogens is 210 g/mol. The largest absolute Gasteiger partial charge is 0.218 e. The van der Waals surface area contributed by atoms with Gasteiger partial charge < -0.3 is 0 Å². The van der Waals surface area contributed by atoms with Crippen molar-refractivity contribution in [2.75, 3.05) is 0 Å². The first-order valence-electron chi connectivity index (χ1n) is 5.16. The van der Waals surface area contributed by atoms with E-state index in [0.717, 1.165) is 12.0 Å². The lowest BCUT2D eigenvalue weighted by atomic mass is 10.1. The van der Waals surface area contributed by atoms with Gasteiger partial charge in [0.1, 0.15) is 5.25 Å². The van der Waals surface area contributed by atoms with E-state index in [1.807, 2.05) is 37.3 Å². The normalized spacial score (nSPS) is 29.9. The van der Waals surface area contributed by atoms with Gasteiger partial charge in [0, 0.05) is 6.04 Å². The van der Waals surface area contributed by atoms with E-state index in [2.05, 4.69) is 4.72 Å². The summed E-state index contributed by atoms with van der Waals surface area (Å²) in [6.07, 6.45) is 1.61. The second kappa shape index (κ2) is 3.94. The van der Waals surface area contributed by atoms with Crippen LogP contribution in [0.25, 0.3) is 0 Å². The fourth-order valence-corrected chi connectivity index (χ4v) is 3.80. The summed E-state index contributed by atoms with van der Waals surface area (Å²) in [5, 5.41) is -0.380. The van der Waals surface area contributed by atoms with Crippen LogP contribution in [0.4, 0.5) is 0 Å². The van der Waals surface area contributed by atoms with Crippen LogP contribution in [-0.4, -0.2) is 14.5 Å². The van der Waals surface area contributed by atoms with Crippen molar-refractivity contribution in [3.63, 3.8) is 0 Å². The molecule has 1 aliphatic heterocycles. The zero-order valence-electron chi connectivity index (χ0n) is 8.68. The van der Waals surface area contributed by atoms with Crippen LogP contribution in [0.1, 0.15) is 30.6 Å². The molecule has 15 heavy (non-hydrogen) atoms. The summed E-state index contributed by atoms with van der Waals surface area (Å²) in [7, 11) is -3.18. The van der Waals surface area contributed by atoms with E-state index < -0.39 is 10.0 Å². The maximum Gasteiger partial charge on any atom is 0.218 e. The highest BCUT2D eigenvalue weighted by molar-refractivity contribution is 7.89. The molecule has 0 saturated carbocycles. The third kappa shape index (κ3) is 2.21. The Bertz CT molecular complexity index is 427. The first-order valence-corrected chi connectivity index (χ1v) is 6.70. The number of hydrogen-bond donors (Lipinski definition) is 1. The van der Waals surface area contributed by atoms with Crippen LogP contribution in [0.5, 0.6) is 0 Å². The van der Waals surface area contributed by atoms with Gasteiger partial charge in [-0.25, -0.2) is 13.1 Å². The van der Waals surface area contributed by atoms with E-state index in [9.17, 15) is 8.42 Å². The molecule has 3 nitrogen and oxygen atoms in total. The molecule has 2 atom stereocenters. The highest BCUT2D eigenvalue weighted by Gasteiger charge is 2.32. The molecule has 1 aromatic rings. The van der Waals surface area contributed by atoms with Gasteiger partial charge in [0.05, 0.1) is 0 Å². The third-order valence-electron chi connectivity index (χ3n) is 2.77. The fourth-order valence-electron chi connectivity index (χ4n) is 1.99. The number of hydrogen-bond acceptors (Lipinski definition) is 2. The van der Waals surface area contributed by atoms with Gasteiger partial charge in [-0.05, 0) is 25.3 Å². The SMILES string of the molecule is CC1CC[C@@H](c2ccccc2)S(=O)(=O)N1. The monoisotopic (exact) mass is 225 g/mol. The van der Waals surface area contributed by atoms with Crippen molar-refractivity contribution >= 4 is 10.0 Å². The van der Waals surface area contributed by atoms with Gasteiger partial charge in [-0.3, -0.25) is 0 Å². The number of benzene rings is 1. The molecule has 0 aliphatic carbocycles. The van der Waals surface area contributed by atoms with Crippen LogP contribution >= 0.6 is 0 Å². The second-order valence-electron chi connectivity index (χ2n) is 4.04. The summed E-state index contributed by atoms with van der Waals surface area (Å²) in [6, 6.07) is 9.47. The molecule has 4 heteroatoms. The summed E-state index contributed by atoms with van der Waals surface area (Å²) >= 11 is 0. The van der Waals surface area contributed by atoms with Crippen molar-refractivity contribution in [1.29, 1.82) is 0 Å². The molecule has 0 aromatic heterocycles. The molecular formula is C11H15NO2S. The van der Waals surface area contributed by atoms with Crippen molar-refractivity contribution < 1.29 is 8.42 Å². The van der Waals surface area contributed by atoms with Crippen molar-refractivity contribution in [3.05, 3.63) is 35.9 Å². The molecule has 1 aromatic carbocycles. The molecule has 1 saturated heterocycles. The minimum absolute atomic E-state index is 0.0648. The van der Waals surface area contributed by atoms with Gasteiger partial charge in [0.2, 0.25) is 10.0 Å². The maximum atomic E-state index is 11.9. The minimum atomic E-state index is -3.18. The standard InChI is InChI=1S/C11H15NO2S/c1-9-7-8-11(15(13,14)12-9)10-5-3-2-4-6-10/h2-6,9,11-12H,7-8H2,1H3/t9?,11-/m0/s1. The highest BCUT2D eigenvalue weighted by Crippen LogP contribution is 2.30. The Morgan fingerprint density at radius 1 is 1.20 bits per heavy atom. The van der Waals surface area contributed by atoms with Crippen LogP contribution in [0.15, 0.2) is 30.3 Å². The summed E-state index contributed by atoms with van der Waals surface area (Å²) in [5.41, 5.74) is 0.886. The predicted octanol–water partition coefficient (Wildman–Crippen LogP) is 1.83. The molecule has 1 fully saturated rings. The summed E-state index contributed by atoms with van der Waals surface area (Å²) in [5.74, 6) is 0. The lowest BCUT2D eigenvalue weighted by Gasteiger charge is -2.27. The van der Waals surface area contributed by atoms with Gasteiger partial charge in [0.25, 0.3) is 0 Å². The molecule has 1 unspecified atom stereocenters. The van der Waals surface area contributed by atoms with Crippen molar-refractivity contribution in [1.82, 2.24) is 4.72 Å². The van der Waals surface area contributed by atoms with Gasteiger partial charge in [-0.2, -0.15) is 0 Å². The van der Waals surface area contributed by atoms with E-state index >= 15 is 0 Å². The van der Waals surface area contributed by atoms with Gasteiger partial charge in [-0.15, -0.1) is 0 Å². The van der Waals surface area contributed by atoms with Crippen LogP contribution in [0, 0.1) is 0 Å². The fraction of sp³-hybridized carbons (Fsp3) is 0.455. The van der Waals surface area contributed by atoms with Crippen LogP contribution in [0.3, 0.4) is 0 Å². The number of nitrogens with one attached hydrogen (secondary N) is 1. The van der Waals surface area contributed by atoms with E-state index in [-0.39, 0.29) is 11.3 Å². The lowest BCUT2D eigenvalue weighted by molar-refractivity contribution is 0.482. The van der Waals surface area contributed by atoms with E-state index in [0.29, 0.717) is 6.42 Å². The first-order chi connectivity index (χ1) is 7.09. The molecule has 0 radical (unpaired) electrons. The number of sulfonamides is 1. The lowest BCUT2D eigenvalue weighted by Crippen LogP contribution is -2.40. The molecule has 1 N–H and O–H groups in total. The summed E-state index contributed by atoms with van der Waals surface area (Å²) < 4.78 is 26.4. The molecule has 2 rings (SSSR count). The van der Waals surface area contributed by atoms with Crippen LogP contribution < -0.4 is 4.72 Å². The average Bonchev–Trinajstić information content (AvgIpc) is 2.17. The quantitative estimate of drug-likeness (QED) is 0.792. The Labute approximate surface area is 90.6 Å². The first kappa shape index (κ1) is 10.6. The van der Waals surface area contributed by atoms with Gasteiger partial charge >= 0.3 is 0 Å². The Morgan fingerprint density at radius 3 is 2.47 bits per heavy atom. The highest BCUT2D eigenvalue weighted by atomic mass is 32.2. The molecule has 1 aliphatic rings. The Kier molecular flexibility index (Phi) is 2.80. The third-order valence-corrected chi connectivity index (χ3v) is 4.76. The summed E-state index contributed by atoms with van der Waals surface area (Å²) in [4.78, 5) is 0. The van der Waals surface area contributed by atoms with Crippen molar-refractivity contribution in [2.45, 2.75) is 31.1 Å². The smallest absolute Gasteiger partial charge is 0.212 e. The van der Waals surface area contributed by atoms with Gasteiger partial charge in [-0.1, -0.05) is 30.3 Å². The molecule has 0 bridgehead atoms. The van der Waals surface area contributed by atoms with Crippen molar-refractivity contribution in [2.24, 2.45) is 0 Å². The van der Waals surface area contributed by atoms with Gasteiger partial charge in [0.15, 0.2) is 0 Å². The minimum Gasteiger partial charge on any atom is -0.212 e. The zero-order valence-corrected chi connectivity index (χ0v) is 9.50. The van der Waals surface area contributed by atoms with E-state index in [4.69, 9.17) is 0 Å². The second-order valence-corrected chi connectivity index (χ2v) is 5.94. The Hall–Kier alpha value is -0.870. The molecule has 82 valence electrons. The van der Waals surface area contributed by atoms with E-state index in [1.54, 1.807) is 0 Å².